The number of nitrogens with zero attached hydrogens (tertiary/aromatic N) is 4. The minimum absolute atomic E-state index is 0.0401. The number of rotatable bonds is 2. The number of aromatic nitrogens is 4. The molecule has 0 radical (unpaired) electrons. The topological polar surface area (TPSA) is 78.9 Å². The average Bonchev–Trinajstić information content (AvgIpc) is 2.93. The van der Waals surface area contributed by atoms with Gasteiger partial charge in [0.2, 0.25) is 0 Å². The highest BCUT2D eigenvalue weighted by Gasteiger charge is 2.34. The van der Waals surface area contributed by atoms with Gasteiger partial charge >= 0.3 is 0 Å². The summed E-state index contributed by atoms with van der Waals surface area (Å²) in [7, 11) is 0. The molecule has 0 spiro atoms. The average molecular weight is 283 g/mol. The van der Waals surface area contributed by atoms with Crippen LogP contribution in [-0.2, 0) is 4.74 Å². The Labute approximate surface area is 115 Å². The number of nitrogens with two attached hydrogens (primary N) is 1. The van der Waals surface area contributed by atoms with Crippen molar-refractivity contribution in [3.63, 3.8) is 0 Å². The first kappa shape index (κ1) is 12.1. The summed E-state index contributed by atoms with van der Waals surface area (Å²) in [5.74, 6) is 1.03. The van der Waals surface area contributed by atoms with Gasteiger partial charge in [-0.05, 0) is 0 Å². The molecule has 0 saturated carbocycles. The number of imidazole rings is 1. The van der Waals surface area contributed by atoms with Gasteiger partial charge in [0, 0.05) is 17.4 Å². The molecule has 1 aliphatic heterocycles. The second-order valence-corrected chi connectivity index (χ2v) is 5.23. The standard InChI is InChI=1S/C10H13N5OS2/c11-9-8-10(13-3-12-9)15(4-14-8)7-1-6(18)5(2-17)16-7/h3-7,17-18H,1-2H2,(H2,11,12,13)/t5-,6+,7-/m1/s1. The second-order valence-electron chi connectivity index (χ2n) is 4.20. The molecular formula is C10H13N5OS2. The Morgan fingerprint density at radius 2 is 2.28 bits per heavy atom. The molecule has 0 amide bonds. The first-order valence-electron chi connectivity index (χ1n) is 5.58. The maximum absolute atomic E-state index is 5.88. The molecule has 0 bridgehead atoms. The molecule has 2 N–H and O–H groups in total. The highest BCUT2D eigenvalue weighted by Crippen LogP contribution is 2.34. The Morgan fingerprint density at radius 1 is 1.44 bits per heavy atom. The van der Waals surface area contributed by atoms with Crippen molar-refractivity contribution in [3.8, 4) is 0 Å². The molecule has 0 aliphatic carbocycles. The summed E-state index contributed by atoms with van der Waals surface area (Å²) in [6, 6.07) is 0. The lowest BCUT2D eigenvalue weighted by Gasteiger charge is -2.13. The number of ether oxygens (including phenoxy) is 1. The van der Waals surface area contributed by atoms with Gasteiger partial charge in [-0.1, -0.05) is 0 Å². The largest absolute Gasteiger partial charge is 0.382 e. The Balaban J connectivity index is 1.99. The zero-order valence-electron chi connectivity index (χ0n) is 9.47. The SMILES string of the molecule is Nc1ncnc2c1ncn2[C@H]1C[C@H](S)[C@@H](CS)O1. The van der Waals surface area contributed by atoms with Gasteiger partial charge < -0.3 is 10.5 Å². The van der Waals surface area contributed by atoms with Gasteiger partial charge in [0.15, 0.2) is 11.5 Å². The number of fused-ring (bicyclic) bond motifs is 1. The van der Waals surface area contributed by atoms with E-state index in [2.05, 4.69) is 40.2 Å². The first-order chi connectivity index (χ1) is 8.70. The van der Waals surface area contributed by atoms with Crippen LogP contribution in [0.15, 0.2) is 12.7 Å². The van der Waals surface area contributed by atoms with E-state index < -0.39 is 0 Å². The van der Waals surface area contributed by atoms with Gasteiger partial charge in [-0.3, -0.25) is 4.57 Å². The summed E-state index contributed by atoms with van der Waals surface area (Å²) in [4.78, 5) is 12.4. The van der Waals surface area contributed by atoms with Crippen molar-refractivity contribution in [2.24, 2.45) is 0 Å². The molecule has 18 heavy (non-hydrogen) atoms. The minimum atomic E-state index is -0.121. The van der Waals surface area contributed by atoms with E-state index >= 15 is 0 Å². The quantitative estimate of drug-likeness (QED) is 0.714. The lowest BCUT2D eigenvalue weighted by Crippen LogP contribution is -2.17. The van der Waals surface area contributed by atoms with Crippen molar-refractivity contribution in [2.45, 2.75) is 24.0 Å². The van der Waals surface area contributed by atoms with Crippen LogP contribution in [0.5, 0.6) is 0 Å². The van der Waals surface area contributed by atoms with Gasteiger partial charge in [0.05, 0.1) is 12.4 Å². The molecular weight excluding hydrogens is 270 g/mol. The lowest BCUT2D eigenvalue weighted by atomic mass is 10.2. The normalized spacial score (nSPS) is 28.0. The molecule has 0 unspecified atom stereocenters. The molecule has 1 saturated heterocycles. The van der Waals surface area contributed by atoms with Gasteiger partial charge in [0.1, 0.15) is 18.1 Å². The summed E-state index contributed by atoms with van der Waals surface area (Å²) in [6.07, 6.45) is 3.83. The Hall–Kier alpha value is -0.990. The number of hydrogen-bond donors (Lipinski definition) is 3. The van der Waals surface area contributed by atoms with Crippen molar-refractivity contribution >= 4 is 42.2 Å². The van der Waals surface area contributed by atoms with Crippen LogP contribution in [0.3, 0.4) is 0 Å². The zero-order valence-corrected chi connectivity index (χ0v) is 11.3. The maximum atomic E-state index is 5.88. The lowest BCUT2D eigenvalue weighted by molar-refractivity contribution is 0.0161. The molecule has 2 aromatic rings. The monoisotopic (exact) mass is 283 g/mol. The van der Waals surface area contributed by atoms with Gasteiger partial charge in [-0.15, -0.1) is 0 Å². The van der Waals surface area contributed by atoms with Crippen LogP contribution in [0.25, 0.3) is 11.2 Å². The predicted octanol–water partition coefficient (Wildman–Crippen LogP) is 0.924. The summed E-state index contributed by atoms with van der Waals surface area (Å²) in [6.45, 7) is 0. The third-order valence-electron chi connectivity index (χ3n) is 3.08. The number of thiol groups is 2. The summed E-state index contributed by atoms with van der Waals surface area (Å²) in [5, 5.41) is 0.170. The van der Waals surface area contributed by atoms with E-state index in [1.807, 2.05) is 4.57 Å². The maximum Gasteiger partial charge on any atom is 0.167 e. The van der Waals surface area contributed by atoms with Crippen LogP contribution in [0.2, 0.25) is 0 Å². The second kappa shape index (κ2) is 4.60. The minimum Gasteiger partial charge on any atom is -0.382 e. The molecule has 3 rings (SSSR count). The van der Waals surface area contributed by atoms with E-state index in [1.54, 1.807) is 6.33 Å². The molecule has 96 valence electrons. The van der Waals surface area contributed by atoms with Crippen molar-refractivity contribution in [1.82, 2.24) is 19.5 Å². The van der Waals surface area contributed by atoms with Gasteiger partial charge in [0.25, 0.3) is 0 Å². The van der Waals surface area contributed by atoms with Crippen LogP contribution in [0.1, 0.15) is 12.6 Å². The highest BCUT2D eigenvalue weighted by molar-refractivity contribution is 7.81. The third kappa shape index (κ3) is 1.84. The molecule has 2 aromatic heterocycles. The molecule has 8 heteroatoms. The fraction of sp³-hybridized carbons (Fsp3) is 0.500. The highest BCUT2D eigenvalue weighted by atomic mass is 32.1. The summed E-state index contributed by atoms with van der Waals surface area (Å²) in [5.41, 5.74) is 7.04. The van der Waals surface area contributed by atoms with Crippen molar-refractivity contribution in [1.29, 1.82) is 0 Å². The molecule has 0 aromatic carbocycles. The molecule has 6 nitrogen and oxygen atoms in total. The van der Waals surface area contributed by atoms with E-state index in [0.717, 1.165) is 6.42 Å². The van der Waals surface area contributed by atoms with Crippen molar-refractivity contribution < 1.29 is 4.74 Å². The fourth-order valence-electron chi connectivity index (χ4n) is 2.13. The van der Waals surface area contributed by atoms with Gasteiger partial charge in [-0.2, -0.15) is 25.3 Å². The molecule has 3 heterocycles. The molecule has 1 fully saturated rings. The molecule has 1 aliphatic rings. The first-order valence-corrected chi connectivity index (χ1v) is 6.73. The van der Waals surface area contributed by atoms with Crippen molar-refractivity contribution in [3.05, 3.63) is 12.7 Å². The summed E-state index contributed by atoms with van der Waals surface area (Å²) < 4.78 is 7.76. The summed E-state index contributed by atoms with van der Waals surface area (Å²) >= 11 is 8.77. The van der Waals surface area contributed by atoms with E-state index in [0.29, 0.717) is 22.7 Å². The van der Waals surface area contributed by atoms with Crippen LogP contribution in [-0.4, -0.2) is 36.6 Å². The van der Waals surface area contributed by atoms with E-state index in [1.165, 1.54) is 6.33 Å². The van der Waals surface area contributed by atoms with E-state index in [-0.39, 0.29) is 17.6 Å². The van der Waals surface area contributed by atoms with E-state index in [9.17, 15) is 0 Å². The smallest absolute Gasteiger partial charge is 0.167 e. The van der Waals surface area contributed by atoms with Crippen LogP contribution in [0.4, 0.5) is 5.82 Å². The van der Waals surface area contributed by atoms with Crippen LogP contribution >= 0.6 is 25.3 Å². The van der Waals surface area contributed by atoms with Crippen LogP contribution < -0.4 is 5.73 Å². The number of hydrogen-bond acceptors (Lipinski definition) is 7. The Bertz CT molecular complexity index is 574. The number of anilines is 1. The predicted molar refractivity (Wildman–Crippen MR) is 74.9 cm³/mol. The Kier molecular flexibility index (Phi) is 3.08. The fourth-order valence-corrected chi connectivity index (χ4v) is 2.99. The Morgan fingerprint density at radius 3 is 3.00 bits per heavy atom. The van der Waals surface area contributed by atoms with Crippen molar-refractivity contribution in [2.75, 3.05) is 11.5 Å². The molecule has 3 atom stereocenters. The van der Waals surface area contributed by atoms with E-state index in [4.69, 9.17) is 10.5 Å². The third-order valence-corrected chi connectivity index (χ3v) is 3.98. The zero-order chi connectivity index (χ0) is 12.7. The van der Waals surface area contributed by atoms with Gasteiger partial charge in [-0.25, -0.2) is 15.0 Å². The van der Waals surface area contributed by atoms with Crippen LogP contribution in [0, 0.1) is 0 Å². The number of nitrogen functional groups attached to an aromatic ring is 1.